The van der Waals surface area contributed by atoms with Gasteiger partial charge in [0.15, 0.2) is 6.21 Å². The second-order valence-electron chi connectivity index (χ2n) is 11.7. The quantitative estimate of drug-likeness (QED) is 0.274. The Morgan fingerprint density at radius 3 is 2.85 bits per heavy atom. The van der Waals surface area contributed by atoms with Crippen LogP contribution in [-0.4, -0.2) is 81.8 Å². The Hall–Kier alpha value is -3.31. The van der Waals surface area contributed by atoms with E-state index in [1.807, 2.05) is 19.2 Å². The molecule has 0 spiro atoms. The molecule has 2 aliphatic heterocycles. The molecule has 1 aliphatic carbocycles. The maximum Gasteiger partial charge on any atom is 0.400 e. The second-order valence-corrected chi connectivity index (χ2v) is 11.7. The van der Waals surface area contributed by atoms with Gasteiger partial charge in [-0.3, -0.25) is 9.69 Å². The second kappa shape index (κ2) is 10.2. The van der Waals surface area contributed by atoms with Crippen molar-refractivity contribution in [3.63, 3.8) is 0 Å². The zero-order valence-electron chi connectivity index (χ0n) is 24.0. The number of nitrogens with zero attached hydrogens (tertiary/aromatic N) is 4. The monoisotopic (exact) mass is 563 g/mol. The van der Waals surface area contributed by atoms with Crippen molar-refractivity contribution >= 4 is 23.0 Å². The molecule has 6 rings (SSSR count). The molecule has 4 heterocycles. The fourth-order valence-corrected chi connectivity index (χ4v) is 6.72. The van der Waals surface area contributed by atoms with Gasteiger partial charge < -0.3 is 19.5 Å². The first kappa shape index (κ1) is 27.8. The summed E-state index contributed by atoms with van der Waals surface area (Å²) in [7, 11) is 3.52. The van der Waals surface area contributed by atoms with Crippen LogP contribution in [0, 0.1) is 12.7 Å². The minimum absolute atomic E-state index is 0.0290. The molecule has 9 nitrogen and oxygen atoms in total. The summed E-state index contributed by atoms with van der Waals surface area (Å²) in [4.78, 5) is 33.5. The number of pyridine rings is 2. The minimum atomic E-state index is -1.27. The number of aryl methyl sites for hydroxylation is 1. The number of hydrogen-bond acceptors (Lipinski definition) is 7. The van der Waals surface area contributed by atoms with Crippen LogP contribution in [0.2, 0.25) is 0 Å². The zero-order valence-corrected chi connectivity index (χ0v) is 24.0. The lowest BCUT2D eigenvalue weighted by Gasteiger charge is -2.33. The Morgan fingerprint density at radius 1 is 1.34 bits per heavy atom. The van der Waals surface area contributed by atoms with Crippen molar-refractivity contribution in [2.24, 2.45) is 0 Å². The van der Waals surface area contributed by atoms with Crippen LogP contribution < -0.4 is 5.56 Å². The molecule has 2 aromatic heterocycles. The Bertz CT molecular complexity index is 1700. The first-order valence-corrected chi connectivity index (χ1v) is 14.2. The summed E-state index contributed by atoms with van der Waals surface area (Å²) < 4.78 is 24.0. The van der Waals surface area contributed by atoms with Gasteiger partial charge in [0.25, 0.3) is 5.56 Å². The molecule has 2 N–H and O–H groups in total. The molecular formula is C31H36FN4O5+. The lowest BCUT2D eigenvalue weighted by atomic mass is 9.78. The number of carbonyl (C=O) groups is 1. The van der Waals surface area contributed by atoms with E-state index in [2.05, 4.69) is 0 Å². The number of hydrogen-bond donors (Lipinski definition) is 2. The number of aliphatic hydroxyl groups excluding tert-OH is 1. The summed E-state index contributed by atoms with van der Waals surface area (Å²) in [5.41, 5.74) is 4.68. The summed E-state index contributed by atoms with van der Waals surface area (Å²) >= 11 is 0. The molecule has 1 amide bonds. The number of amides is 1. The lowest BCUT2D eigenvalue weighted by Crippen LogP contribution is -2.40. The maximum absolute atomic E-state index is 15.1. The largest absolute Gasteiger partial charge is 0.400 e. The van der Waals surface area contributed by atoms with Crippen molar-refractivity contribution in [2.75, 3.05) is 40.4 Å². The zero-order chi connectivity index (χ0) is 29.2. The third kappa shape index (κ3) is 4.35. The molecule has 0 bridgehead atoms. The fraction of sp³-hybridized carbons (Fsp3) is 0.484. The number of aromatic nitrogens is 2. The average molecular weight is 564 g/mol. The van der Waals surface area contributed by atoms with E-state index in [-0.39, 0.29) is 49.6 Å². The van der Waals surface area contributed by atoms with E-state index >= 15 is 4.39 Å². The van der Waals surface area contributed by atoms with E-state index in [0.29, 0.717) is 65.9 Å². The van der Waals surface area contributed by atoms with Gasteiger partial charge in [0.1, 0.15) is 25.0 Å². The van der Waals surface area contributed by atoms with E-state index in [1.165, 1.54) is 6.07 Å². The molecule has 2 atom stereocenters. The van der Waals surface area contributed by atoms with Crippen LogP contribution in [-0.2, 0) is 34.7 Å². The van der Waals surface area contributed by atoms with Crippen LogP contribution in [0.25, 0.3) is 22.3 Å². The fourth-order valence-electron chi connectivity index (χ4n) is 6.72. The average Bonchev–Trinajstić information content (AvgIpc) is 3.31. The van der Waals surface area contributed by atoms with Gasteiger partial charge in [0.2, 0.25) is 0 Å². The van der Waals surface area contributed by atoms with Gasteiger partial charge >= 0.3 is 5.91 Å². The molecule has 1 aromatic carbocycles. The van der Waals surface area contributed by atoms with E-state index in [0.717, 1.165) is 22.1 Å². The Kier molecular flexibility index (Phi) is 6.93. The molecule has 216 valence electrons. The topological polar surface area (TPSA) is 108 Å². The predicted octanol–water partition coefficient (Wildman–Crippen LogP) is 2.19. The van der Waals surface area contributed by atoms with E-state index in [9.17, 15) is 19.8 Å². The number of aliphatic hydroxyl groups is 2. The standard InChI is InChI=1S/C31H36FN4O5/c1-5-31(40)16-41-15-21-22(31)10-25-29-20(13-36(25)30(21)39)27-18(12-35(4)26(38)14-34(3)8-9-37)6-7-19-17(2)23(32)11-24(33-29)28(19)27/h10-12,18,37,40H,5-9,13-16H2,1-4H3/q+1/b35-12-/t18?,31-/m1/s1. The van der Waals surface area contributed by atoms with Crippen molar-refractivity contribution < 1.29 is 28.7 Å². The van der Waals surface area contributed by atoms with E-state index < -0.39 is 5.60 Å². The van der Waals surface area contributed by atoms with Crippen LogP contribution in [0.3, 0.4) is 0 Å². The van der Waals surface area contributed by atoms with Crippen molar-refractivity contribution in [3.8, 4) is 11.4 Å². The number of ether oxygens (including phenoxy) is 1. The first-order valence-electron chi connectivity index (χ1n) is 14.2. The van der Waals surface area contributed by atoms with Crippen molar-refractivity contribution in [1.82, 2.24) is 14.5 Å². The number of rotatable bonds is 6. The van der Waals surface area contributed by atoms with Gasteiger partial charge in [0, 0.05) is 29.1 Å². The Balaban J connectivity index is 1.55. The molecule has 3 aromatic rings. The van der Waals surface area contributed by atoms with E-state index in [4.69, 9.17) is 9.72 Å². The predicted molar refractivity (Wildman–Crippen MR) is 152 cm³/mol. The molecule has 0 saturated heterocycles. The number of carbonyl (C=O) groups excluding carboxylic acids is 1. The highest BCUT2D eigenvalue weighted by Crippen LogP contribution is 2.46. The summed E-state index contributed by atoms with van der Waals surface area (Å²) in [6.07, 6.45) is 3.64. The SMILES string of the molecule is CC[C@@]1(O)COCc2c1cc1n(c2=O)Cc2c-1nc1cc(F)c(C)c3c1c2C(/C=[N+](/C)C(=O)CN(C)CCO)CC3. The molecule has 1 unspecified atom stereocenters. The Labute approximate surface area is 237 Å². The Morgan fingerprint density at radius 2 is 2.12 bits per heavy atom. The number of likely N-dealkylation sites (N-methyl/N-ethyl adjacent to an activating group) is 2. The summed E-state index contributed by atoms with van der Waals surface area (Å²) in [5, 5.41) is 21.4. The molecule has 0 radical (unpaired) electrons. The maximum atomic E-state index is 15.1. The molecule has 10 heteroatoms. The van der Waals surface area contributed by atoms with Crippen LogP contribution in [0.15, 0.2) is 16.9 Å². The van der Waals surface area contributed by atoms with Crippen LogP contribution in [0.4, 0.5) is 4.39 Å². The smallest absolute Gasteiger partial charge is 0.395 e. The van der Waals surface area contributed by atoms with Gasteiger partial charge in [-0.25, -0.2) is 14.2 Å². The highest BCUT2D eigenvalue weighted by molar-refractivity contribution is 5.95. The molecule has 0 saturated carbocycles. The van der Waals surface area contributed by atoms with Gasteiger partial charge in [-0.1, -0.05) is 6.92 Å². The highest BCUT2D eigenvalue weighted by atomic mass is 19.1. The normalized spacial score (nSPS) is 21.3. The van der Waals surface area contributed by atoms with Gasteiger partial charge in [-0.15, -0.1) is 0 Å². The highest BCUT2D eigenvalue weighted by Gasteiger charge is 2.40. The lowest BCUT2D eigenvalue weighted by molar-refractivity contribution is -0.416. The molecule has 41 heavy (non-hydrogen) atoms. The summed E-state index contributed by atoms with van der Waals surface area (Å²) in [6, 6.07) is 3.33. The number of fused-ring (bicyclic) bond motifs is 5. The minimum Gasteiger partial charge on any atom is -0.395 e. The van der Waals surface area contributed by atoms with Crippen LogP contribution in [0.5, 0.6) is 0 Å². The third-order valence-corrected chi connectivity index (χ3v) is 9.14. The molecule has 3 aliphatic rings. The van der Waals surface area contributed by atoms with Crippen LogP contribution >= 0.6 is 0 Å². The number of benzene rings is 1. The van der Waals surface area contributed by atoms with Crippen molar-refractivity contribution in [1.29, 1.82) is 0 Å². The number of halogens is 1. The third-order valence-electron chi connectivity index (χ3n) is 9.14. The molecule has 0 fully saturated rings. The van der Waals surface area contributed by atoms with Gasteiger partial charge in [0.05, 0.1) is 49.2 Å². The molecular weight excluding hydrogens is 527 g/mol. The van der Waals surface area contributed by atoms with Gasteiger partial charge in [-0.2, -0.15) is 4.58 Å². The summed E-state index contributed by atoms with van der Waals surface area (Å²) in [5.74, 6) is -0.569. The van der Waals surface area contributed by atoms with Crippen molar-refractivity contribution in [2.45, 2.75) is 57.8 Å². The van der Waals surface area contributed by atoms with E-state index in [1.54, 1.807) is 35.1 Å². The summed E-state index contributed by atoms with van der Waals surface area (Å²) in [6.45, 7) is 4.74. The van der Waals surface area contributed by atoms with Crippen LogP contribution in [0.1, 0.15) is 59.1 Å². The van der Waals surface area contributed by atoms with Gasteiger partial charge in [-0.05, 0) is 61.6 Å². The first-order chi connectivity index (χ1) is 19.6. The van der Waals surface area contributed by atoms with Crippen molar-refractivity contribution in [3.05, 3.63) is 61.7 Å².